The first-order chi connectivity index (χ1) is 10.3. The van der Waals surface area contributed by atoms with Crippen molar-refractivity contribution >= 4 is 5.65 Å². The first-order valence-corrected chi connectivity index (χ1v) is 6.94. The Morgan fingerprint density at radius 1 is 1.14 bits per heavy atom. The number of fused-ring (bicyclic) bond motifs is 1. The molecule has 1 N–H and O–H groups in total. The molecule has 1 unspecified atom stereocenters. The number of para-hydroxylation sites is 1. The number of benzene rings is 1. The molecule has 3 rings (SSSR count). The summed E-state index contributed by atoms with van der Waals surface area (Å²) in [7, 11) is 1.69. The predicted molar refractivity (Wildman–Crippen MR) is 81.2 cm³/mol. The summed E-state index contributed by atoms with van der Waals surface area (Å²) < 4.78 is 7.39. The maximum atomic E-state index is 5.40. The maximum Gasteiger partial charge on any atom is 0.160 e. The van der Waals surface area contributed by atoms with Crippen LogP contribution in [-0.2, 0) is 6.54 Å². The van der Waals surface area contributed by atoms with E-state index in [1.54, 1.807) is 7.11 Å². The van der Waals surface area contributed by atoms with E-state index in [4.69, 9.17) is 4.74 Å². The first kappa shape index (κ1) is 13.6. The third kappa shape index (κ3) is 2.73. The van der Waals surface area contributed by atoms with Crippen molar-refractivity contribution in [3.05, 3.63) is 60.0 Å². The summed E-state index contributed by atoms with van der Waals surface area (Å²) in [5, 5.41) is 11.8. The van der Waals surface area contributed by atoms with Gasteiger partial charge in [-0.15, -0.1) is 10.2 Å². The largest absolute Gasteiger partial charge is 0.496 e. The van der Waals surface area contributed by atoms with E-state index in [9.17, 15) is 0 Å². The summed E-state index contributed by atoms with van der Waals surface area (Å²) in [5.41, 5.74) is 1.99. The molecule has 0 saturated carbocycles. The van der Waals surface area contributed by atoms with E-state index in [0.717, 1.165) is 22.8 Å². The lowest BCUT2D eigenvalue weighted by Crippen LogP contribution is -2.20. The van der Waals surface area contributed by atoms with Crippen LogP contribution in [0.4, 0.5) is 0 Å². The SMILES string of the molecule is COc1ccccc1C(C)NCc1nnc2ccccn12. The molecule has 2 aromatic heterocycles. The normalized spacial score (nSPS) is 12.5. The minimum Gasteiger partial charge on any atom is -0.496 e. The summed E-state index contributed by atoms with van der Waals surface area (Å²) in [6.07, 6.45) is 1.97. The van der Waals surface area contributed by atoms with Crippen LogP contribution in [-0.4, -0.2) is 21.7 Å². The van der Waals surface area contributed by atoms with E-state index in [1.165, 1.54) is 0 Å². The zero-order chi connectivity index (χ0) is 14.7. The van der Waals surface area contributed by atoms with E-state index < -0.39 is 0 Å². The lowest BCUT2D eigenvalue weighted by atomic mass is 10.1. The molecule has 0 radical (unpaired) electrons. The second kappa shape index (κ2) is 5.93. The molecular weight excluding hydrogens is 264 g/mol. The molecule has 2 heterocycles. The molecule has 0 fully saturated rings. The highest BCUT2D eigenvalue weighted by Gasteiger charge is 2.12. The molecule has 0 amide bonds. The molecule has 0 aliphatic heterocycles. The number of nitrogens with zero attached hydrogens (tertiary/aromatic N) is 3. The predicted octanol–water partition coefficient (Wildman–Crippen LogP) is 2.59. The molecule has 5 nitrogen and oxygen atoms in total. The molecule has 0 spiro atoms. The average molecular weight is 282 g/mol. The highest BCUT2D eigenvalue weighted by Crippen LogP contribution is 2.24. The standard InChI is InChI=1S/C16H18N4O/c1-12(13-7-3-4-8-14(13)21-2)17-11-16-19-18-15-9-5-6-10-20(15)16/h3-10,12,17H,11H2,1-2H3. The second-order valence-corrected chi connectivity index (χ2v) is 4.89. The van der Waals surface area contributed by atoms with Gasteiger partial charge in [-0.2, -0.15) is 0 Å². The number of hydrogen-bond acceptors (Lipinski definition) is 4. The topological polar surface area (TPSA) is 51.5 Å². The van der Waals surface area contributed by atoms with Gasteiger partial charge in [0.15, 0.2) is 11.5 Å². The highest BCUT2D eigenvalue weighted by molar-refractivity contribution is 5.37. The van der Waals surface area contributed by atoms with Crippen LogP contribution in [0.5, 0.6) is 5.75 Å². The van der Waals surface area contributed by atoms with Gasteiger partial charge in [0, 0.05) is 17.8 Å². The Labute approximate surface area is 123 Å². The van der Waals surface area contributed by atoms with Gasteiger partial charge in [-0.25, -0.2) is 0 Å². The van der Waals surface area contributed by atoms with Gasteiger partial charge in [-0.3, -0.25) is 4.40 Å². The highest BCUT2D eigenvalue weighted by atomic mass is 16.5. The molecule has 3 aromatic rings. The Hall–Kier alpha value is -2.40. The zero-order valence-corrected chi connectivity index (χ0v) is 12.2. The van der Waals surface area contributed by atoms with Crippen molar-refractivity contribution < 1.29 is 4.74 Å². The summed E-state index contributed by atoms with van der Waals surface area (Å²) >= 11 is 0. The number of aromatic nitrogens is 3. The van der Waals surface area contributed by atoms with Crippen LogP contribution in [0.3, 0.4) is 0 Å². The third-order valence-corrected chi connectivity index (χ3v) is 3.56. The van der Waals surface area contributed by atoms with Crippen molar-refractivity contribution in [3.63, 3.8) is 0 Å². The number of rotatable bonds is 5. The van der Waals surface area contributed by atoms with Gasteiger partial charge >= 0.3 is 0 Å². The molecule has 0 aliphatic rings. The minimum absolute atomic E-state index is 0.164. The van der Waals surface area contributed by atoms with Crippen LogP contribution >= 0.6 is 0 Å². The first-order valence-electron chi connectivity index (χ1n) is 6.94. The van der Waals surface area contributed by atoms with E-state index in [1.807, 2.05) is 47.0 Å². The molecule has 21 heavy (non-hydrogen) atoms. The van der Waals surface area contributed by atoms with E-state index in [0.29, 0.717) is 6.54 Å². The van der Waals surface area contributed by atoms with Gasteiger partial charge in [0.25, 0.3) is 0 Å². The molecule has 0 bridgehead atoms. The summed E-state index contributed by atoms with van der Waals surface area (Å²) in [6.45, 7) is 2.76. The lowest BCUT2D eigenvalue weighted by Gasteiger charge is -2.16. The van der Waals surface area contributed by atoms with Gasteiger partial charge in [0.05, 0.1) is 13.7 Å². The number of nitrogens with one attached hydrogen (secondary N) is 1. The third-order valence-electron chi connectivity index (χ3n) is 3.56. The van der Waals surface area contributed by atoms with Gasteiger partial charge in [0.2, 0.25) is 0 Å². The lowest BCUT2D eigenvalue weighted by molar-refractivity contribution is 0.401. The van der Waals surface area contributed by atoms with E-state index in [2.05, 4.69) is 28.5 Å². The Morgan fingerprint density at radius 3 is 2.81 bits per heavy atom. The van der Waals surface area contributed by atoms with Crippen molar-refractivity contribution in [2.75, 3.05) is 7.11 Å². The summed E-state index contributed by atoms with van der Waals surface area (Å²) in [6, 6.07) is 14.1. The van der Waals surface area contributed by atoms with Crippen LogP contribution in [0.2, 0.25) is 0 Å². The molecule has 1 aromatic carbocycles. The molecule has 5 heteroatoms. The van der Waals surface area contributed by atoms with Crippen LogP contribution in [0.25, 0.3) is 5.65 Å². The quantitative estimate of drug-likeness (QED) is 0.781. The van der Waals surface area contributed by atoms with Crippen molar-refractivity contribution in [1.29, 1.82) is 0 Å². The van der Waals surface area contributed by atoms with Crippen molar-refractivity contribution in [1.82, 2.24) is 19.9 Å². The van der Waals surface area contributed by atoms with Crippen LogP contribution in [0.1, 0.15) is 24.4 Å². The van der Waals surface area contributed by atoms with Gasteiger partial charge in [0.1, 0.15) is 5.75 Å². The monoisotopic (exact) mass is 282 g/mol. The Bertz CT molecular complexity index is 738. The molecular formula is C16H18N4O. The molecule has 108 valence electrons. The fourth-order valence-electron chi connectivity index (χ4n) is 2.39. The van der Waals surface area contributed by atoms with E-state index >= 15 is 0 Å². The minimum atomic E-state index is 0.164. The van der Waals surface area contributed by atoms with Crippen molar-refractivity contribution in [2.45, 2.75) is 19.5 Å². The number of pyridine rings is 1. The zero-order valence-electron chi connectivity index (χ0n) is 12.2. The second-order valence-electron chi connectivity index (χ2n) is 4.89. The summed E-state index contributed by atoms with van der Waals surface area (Å²) in [4.78, 5) is 0. The Balaban J connectivity index is 1.75. The fourth-order valence-corrected chi connectivity index (χ4v) is 2.39. The van der Waals surface area contributed by atoms with E-state index in [-0.39, 0.29) is 6.04 Å². The van der Waals surface area contributed by atoms with Gasteiger partial charge in [-0.05, 0) is 25.1 Å². The Morgan fingerprint density at radius 2 is 1.95 bits per heavy atom. The average Bonchev–Trinajstić information content (AvgIpc) is 2.96. The summed E-state index contributed by atoms with van der Waals surface area (Å²) in [5.74, 6) is 1.79. The van der Waals surface area contributed by atoms with Gasteiger partial charge < -0.3 is 10.1 Å². The van der Waals surface area contributed by atoms with Crippen molar-refractivity contribution in [2.24, 2.45) is 0 Å². The van der Waals surface area contributed by atoms with Crippen LogP contribution in [0.15, 0.2) is 48.7 Å². The number of methoxy groups -OCH3 is 1. The smallest absolute Gasteiger partial charge is 0.160 e. The van der Waals surface area contributed by atoms with Gasteiger partial charge in [-0.1, -0.05) is 24.3 Å². The number of ether oxygens (including phenoxy) is 1. The fraction of sp³-hybridized carbons (Fsp3) is 0.250. The van der Waals surface area contributed by atoms with Crippen LogP contribution < -0.4 is 10.1 Å². The molecule has 0 saturated heterocycles. The van der Waals surface area contributed by atoms with Crippen molar-refractivity contribution in [3.8, 4) is 5.75 Å². The molecule has 0 aliphatic carbocycles. The Kier molecular flexibility index (Phi) is 3.83. The van der Waals surface area contributed by atoms with Crippen LogP contribution in [0, 0.1) is 0 Å². The molecule has 1 atom stereocenters. The maximum absolute atomic E-state index is 5.40. The number of hydrogen-bond donors (Lipinski definition) is 1.